The lowest BCUT2D eigenvalue weighted by Gasteiger charge is -2.35. The molecule has 20 nitrogen and oxygen atoms in total. The summed E-state index contributed by atoms with van der Waals surface area (Å²) in [5.41, 5.74) is 0.379. The Labute approximate surface area is 349 Å². The molecule has 7 unspecified atom stereocenters. The Hall–Kier alpha value is -4.35. The molecule has 0 amide bonds. The summed E-state index contributed by atoms with van der Waals surface area (Å²) < 4.78 is 54.3. The van der Waals surface area contributed by atoms with E-state index >= 15 is 0 Å². The number of aliphatic hydroxyl groups is 5. The van der Waals surface area contributed by atoms with Gasteiger partial charge in [0.2, 0.25) is 0 Å². The molecule has 0 aromatic rings. The highest BCUT2D eigenvalue weighted by Gasteiger charge is 2.35. The molecule has 20 heteroatoms. The average molecular weight is 863 g/mol. The van der Waals surface area contributed by atoms with Gasteiger partial charge in [-0.05, 0) is 34.6 Å². The number of ether oxygens (including phenoxy) is 10. The molecular weight excluding hydrogens is 800 g/mol. The molecule has 0 aliphatic carbocycles. The molecule has 0 radical (unpaired) electrons. The summed E-state index contributed by atoms with van der Waals surface area (Å²) in [5, 5.41) is 52.9. The Morgan fingerprint density at radius 1 is 0.350 bits per heavy atom. The number of carbonyl (C=O) groups is 5. The summed E-state index contributed by atoms with van der Waals surface area (Å²) in [6.45, 7) is 18.3. The van der Waals surface area contributed by atoms with Crippen LogP contribution in [0.15, 0.2) is 60.8 Å². The van der Waals surface area contributed by atoms with Gasteiger partial charge in [-0.15, -0.1) is 0 Å². The number of carbonyl (C=O) groups excluding carboxylic acids is 5. The van der Waals surface area contributed by atoms with Crippen molar-refractivity contribution in [1.29, 1.82) is 0 Å². The fourth-order valence-electron chi connectivity index (χ4n) is 3.98. The van der Waals surface area contributed by atoms with E-state index in [-0.39, 0.29) is 27.9 Å². The Morgan fingerprint density at radius 2 is 0.567 bits per heavy atom. The highest BCUT2D eigenvalue weighted by atomic mass is 16.6. The Balaban J connectivity index is 6.68. The third-order valence-electron chi connectivity index (χ3n) is 7.18. The van der Waals surface area contributed by atoms with Crippen molar-refractivity contribution in [2.45, 2.75) is 83.5 Å². The zero-order valence-corrected chi connectivity index (χ0v) is 35.0. The second-order valence-electron chi connectivity index (χ2n) is 13.8. The second kappa shape index (κ2) is 30.6. The number of rotatable bonds is 34. The Bertz CT molecular complexity index is 1360. The number of esters is 5. The third-order valence-corrected chi connectivity index (χ3v) is 7.18. The van der Waals surface area contributed by atoms with Crippen molar-refractivity contribution < 1.29 is 96.9 Å². The molecule has 0 heterocycles. The molecule has 342 valence electrons. The van der Waals surface area contributed by atoms with Gasteiger partial charge < -0.3 is 72.9 Å². The van der Waals surface area contributed by atoms with Crippen LogP contribution in [-0.2, 0) is 71.3 Å². The smallest absolute Gasteiger partial charge is 0.333 e. The van der Waals surface area contributed by atoms with E-state index in [9.17, 15) is 49.5 Å². The Kier molecular flexibility index (Phi) is 28.4. The molecule has 0 aromatic carbocycles. The standard InChI is InChI=1S/C40H62O20/c1-23(2)36(46)56-16-28(41)11-51-21-33(53-13-30(43)18-58-38(48)25(5)6)35(55-15-32(45)20-60-40(50)27(9)10)34(54-14-31(44)19-59-39(49)26(7)8)22-52-12-29(42)17-57-37(47)24(3)4/h28-35,41-45H,1,3,5,7,9,11-22H2,2,4,6,8,10H3. The van der Waals surface area contributed by atoms with Gasteiger partial charge in [-0.25, -0.2) is 24.0 Å². The van der Waals surface area contributed by atoms with Crippen LogP contribution >= 0.6 is 0 Å². The highest BCUT2D eigenvalue weighted by Crippen LogP contribution is 2.17. The summed E-state index contributed by atoms with van der Waals surface area (Å²) in [7, 11) is 0. The maximum Gasteiger partial charge on any atom is 0.333 e. The van der Waals surface area contributed by atoms with Gasteiger partial charge in [-0.1, -0.05) is 32.9 Å². The quantitative estimate of drug-likeness (QED) is 0.0312. The third kappa shape index (κ3) is 26.0. The van der Waals surface area contributed by atoms with Crippen molar-refractivity contribution in [1.82, 2.24) is 0 Å². The molecule has 0 aliphatic rings. The van der Waals surface area contributed by atoms with Gasteiger partial charge in [-0.3, -0.25) is 0 Å². The molecule has 0 rings (SSSR count). The van der Waals surface area contributed by atoms with Gasteiger partial charge in [0.25, 0.3) is 0 Å². The summed E-state index contributed by atoms with van der Waals surface area (Å²) in [6, 6.07) is 0. The molecule has 60 heavy (non-hydrogen) atoms. The predicted molar refractivity (Wildman–Crippen MR) is 210 cm³/mol. The van der Waals surface area contributed by atoms with Crippen LogP contribution in [-0.4, -0.2) is 183 Å². The molecule has 0 spiro atoms. The second-order valence-corrected chi connectivity index (χ2v) is 13.8. The van der Waals surface area contributed by atoms with Gasteiger partial charge in [0.1, 0.15) is 81.9 Å². The Morgan fingerprint density at radius 3 is 0.800 bits per heavy atom. The average Bonchev–Trinajstić information content (AvgIpc) is 3.18. The van der Waals surface area contributed by atoms with Crippen molar-refractivity contribution in [2.75, 3.05) is 79.3 Å². The zero-order chi connectivity index (χ0) is 45.9. The maximum atomic E-state index is 12.0. The first-order valence-corrected chi connectivity index (χ1v) is 18.6. The zero-order valence-electron chi connectivity index (χ0n) is 35.0. The van der Waals surface area contributed by atoms with E-state index in [0.717, 1.165) is 0 Å². The van der Waals surface area contributed by atoms with E-state index in [1.165, 1.54) is 34.6 Å². The van der Waals surface area contributed by atoms with Crippen LogP contribution in [0.3, 0.4) is 0 Å². The molecule has 0 bridgehead atoms. The van der Waals surface area contributed by atoms with Crippen LogP contribution in [0.5, 0.6) is 0 Å². The molecule has 0 fully saturated rings. The topological polar surface area (TPSA) is 279 Å². The van der Waals surface area contributed by atoms with Crippen molar-refractivity contribution in [3.05, 3.63) is 60.8 Å². The van der Waals surface area contributed by atoms with Crippen LogP contribution in [0, 0.1) is 0 Å². The van der Waals surface area contributed by atoms with E-state index in [1.807, 2.05) is 0 Å². The van der Waals surface area contributed by atoms with Gasteiger partial charge in [-0.2, -0.15) is 0 Å². The minimum atomic E-state index is -1.46. The summed E-state index contributed by atoms with van der Waals surface area (Å²) in [5.74, 6) is -3.88. The van der Waals surface area contributed by atoms with Crippen molar-refractivity contribution in [3.8, 4) is 0 Å². The molecule has 7 atom stereocenters. The van der Waals surface area contributed by atoms with Crippen molar-refractivity contribution in [2.24, 2.45) is 0 Å². The number of hydrogen-bond donors (Lipinski definition) is 5. The highest BCUT2D eigenvalue weighted by molar-refractivity contribution is 5.88. The molecule has 0 saturated carbocycles. The van der Waals surface area contributed by atoms with Gasteiger partial charge >= 0.3 is 29.8 Å². The normalized spacial score (nSPS) is 15.1. The predicted octanol–water partition coefficient (Wildman–Crippen LogP) is -0.424. The minimum Gasteiger partial charge on any atom is -0.460 e. The van der Waals surface area contributed by atoms with E-state index in [2.05, 4.69) is 32.9 Å². The van der Waals surface area contributed by atoms with Gasteiger partial charge in [0.15, 0.2) is 0 Å². The van der Waals surface area contributed by atoms with E-state index in [0.29, 0.717) is 0 Å². The summed E-state index contributed by atoms with van der Waals surface area (Å²) in [6.07, 6.45) is -11.2. The first kappa shape index (κ1) is 55.7. The number of hydrogen-bond acceptors (Lipinski definition) is 20. The minimum absolute atomic E-state index is 0.0605. The summed E-state index contributed by atoms with van der Waals surface area (Å²) in [4.78, 5) is 59.5. The first-order chi connectivity index (χ1) is 28.0. The van der Waals surface area contributed by atoms with Crippen LogP contribution in [0.4, 0.5) is 0 Å². The van der Waals surface area contributed by atoms with Crippen LogP contribution in [0.25, 0.3) is 0 Å². The van der Waals surface area contributed by atoms with E-state index < -0.39 is 158 Å². The van der Waals surface area contributed by atoms with Crippen molar-refractivity contribution >= 4 is 29.8 Å². The van der Waals surface area contributed by atoms with Gasteiger partial charge in [0.05, 0.1) is 46.2 Å². The molecule has 0 aliphatic heterocycles. The van der Waals surface area contributed by atoms with E-state index in [1.54, 1.807) is 0 Å². The maximum absolute atomic E-state index is 12.0. The lowest BCUT2D eigenvalue weighted by Crippen LogP contribution is -2.50. The molecule has 0 saturated heterocycles. The number of aliphatic hydroxyl groups excluding tert-OH is 5. The SMILES string of the molecule is C=C(C)C(=O)OCC(O)COCC(OCC(O)COC(=O)C(=C)C)C(OCC(O)COC(=O)C(=C)C)C(COCC(O)COC(=O)C(=C)C)OCC(O)COC(=O)C(=C)C. The monoisotopic (exact) mass is 862 g/mol. The lowest BCUT2D eigenvalue weighted by molar-refractivity contribution is -0.196. The van der Waals surface area contributed by atoms with E-state index in [4.69, 9.17) is 47.4 Å². The lowest BCUT2D eigenvalue weighted by atomic mass is 10.1. The van der Waals surface area contributed by atoms with Crippen LogP contribution < -0.4 is 0 Å². The van der Waals surface area contributed by atoms with Crippen molar-refractivity contribution in [3.63, 3.8) is 0 Å². The first-order valence-electron chi connectivity index (χ1n) is 18.6. The van der Waals surface area contributed by atoms with Gasteiger partial charge in [0, 0.05) is 27.9 Å². The molecular formula is C40H62O20. The fraction of sp³-hybridized carbons (Fsp3) is 0.625. The largest absolute Gasteiger partial charge is 0.460 e. The molecule has 5 N–H and O–H groups in total. The fourth-order valence-corrected chi connectivity index (χ4v) is 3.98. The van der Waals surface area contributed by atoms with Crippen LogP contribution in [0.1, 0.15) is 34.6 Å². The molecule has 0 aromatic heterocycles. The van der Waals surface area contributed by atoms with Crippen LogP contribution in [0.2, 0.25) is 0 Å². The summed E-state index contributed by atoms with van der Waals surface area (Å²) >= 11 is 0.